The van der Waals surface area contributed by atoms with E-state index in [1.807, 2.05) is 0 Å². The highest BCUT2D eigenvalue weighted by atomic mass is 15.2. The van der Waals surface area contributed by atoms with Gasteiger partial charge in [-0.15, -0.1) is 0 Å². The standard InChI is InChI=1S/C15H24N4/c1-2-9-19-14-11-18(12-4-7-16-8-5-12)10-6-13(14)17-15(19)3-1/h12,16H,1-11H2. The van der Waals surface area contributed by atoms with Gasteiger partial charge in [-0.2, -0.15) is 0 Å². The molecule has 19 heavy (non-hydrogen) atoms. The van der Waals surface area contributed by atoms with Crippen molar-refractivity contribution in [2.75, 3.05) is 19.6 Å². The van der Waals surface area contributed by atoms with E-state index >= 15 is 0 Å². The van der Waals surface area contributed by atoms with Crippen LogP contribution in [0.5, 0.6) is 0 Å². The third-order valence-electron chi connectivity index (χ3n) is 5.08. The molecular weight excluding hydrogens is 236 g/mol. The van der Waals surface area contributed by atoms with Crippen LogP contribution in [0.2, 0.25) is 0 Å². The van der Waals surface area contributed by atoms with Crippen molar-refractivity contribution in [3.63, 3.8) is 0 Å². The second-order valence-corrected chi connectivity index (χ2v) is 6.23. The van der Waals surface area contributed by atoms with E-state index in [1.54, 1.807) is 5.69 Å². The average molecular weight is 260 g/mol. The summed E-state index contributed by atoms with van der Waals surface area (Å²) in [6.07, 6.45) is 7.66. The van der Waals surface area contributed by atoms with Gasteiger partial charge < -0.3 is 9.88 Å². The second kappa shape index (κ2) is 4.91. The van der Waals surface area contributed by atoms with E-state index in [0.717, 1.165) is 12.6 Å². The van der Waals surface area contributed by atoms with Gasteiger partial charge in [0.05, 0.1) is 11.4 Å². The molecule has 0 aliphatic carbocycles. The molecule has 0 unspecified atom stereocenters. The smallest absolute Gasteiger partial charge is 0.109 e. The van der Waals surface area contributed by atoms with Crippen LogP contribution in [0, 0.1) is 0 Å². The van der Waals surface area contributed by atoms with Crippen LogP contribution in [-0.4, -0.2) is 40.1 Å². The molecule has 3 aliphatic heterocycles. The van der Waals surface area contributed by atoms with E-state index < -0.39 is 0 Å². The van der Waals surface area contributed by atoms with Crippen LogP contribution in [0.15, 0.2) is 0 Å². The molecule has 1 aromatic rings. The first-order valence-electron chi connectivity index (χ1n) is 7.94. The number of aromatic nitrogens is 2. The van der Waals surface area contributed by atoms with Crippen LogP contribution in [-0.2, 0) is 25.9 Å². The zero-order valence-corrected chi connectivity index (χ0v) is 11.7. The minimum absolute atomic E-state index is 0.796. The van der Waals surface area contributed by atoms with Crippen molar-refractivity contribution in [2.45, 2.75) is 57.7 Å². The number of nitrogens with zero attached hydrogens (tertiary/aromatic N) is 3. The van der Waals surface area contributed by atoms with Crippen molar-refractivity contribution >= 4 is 0 Å². The molecule has 0 aromatic carbocycles. The molecule has 0 radical (unpaired) electrons. The highest BCUT2D eigenvalue weighted by Crippen LogP contribution is 2.27. The van der Waals surface area contributed by atoms with E-state index in [4.69, 9.17) is 4.98 Å². The number of aryl methyl sites for hydroxylation is 1. The highest BCUT2D eigenvalue weighted by molar-refractivity contribution is 5.21. The summed E-state index contributed by atoms with van der Waals surface area (Å²) in [6.45, 7) is 5.95. The highest BCUT2D eigenvalue weighted by Gasteiger charge is 2.29. The van der Waals surface area contributed by atoms with Crippen molar-refractivity contribution in [3.8, 4) is 0 Å². The fraction of sp³-hybridized carbons (Fsp3) is 0.800. The van der Waals surface area contributed by atoms with E-state index in [-0.39, 0.29) is 0 Å². The quantitative estimate of drug-likeness (QED) is 0.827. The first-order chi connectivity index (χ1) is 9.42. The number of imidazole rings is 1. The molecule has 1 fully saturated rings. The Balaban J connectivity index is 1.57. The maximum absolute atomic E-state index is 4.89. The van der Waals surface area contributed by atoms with Gasteiger partial charge in [-0.3, -0.25) is 4.90 Å². The van der Waals surface area contributed by atoms with E-state index in [1.165, 1.54) is 76.2 Å². The lowest BCUT2D eigenvalue weighted by Gasteiger charge is -2.37. The Morgan fingerprint density at radius 3 is 2.84 bits per heavy atom. The van der Waals surface area contributed by atoms with Crippen LogP contribution in [0.4, 0.5) is 0 Å². The Hall–Kier alpha value is -0.870. The van der Waals surface area contributed by atoms with Gasteiger partial charge >= 0.3 is 0 Å². The van der Waals surface area contributed by atoms with Crippen LogP contribution < -0.4 is 5.32 Å². The zero-order chi connectivity index (χ0) is 12.7. The average Bonchev–Trinajstić information content (AvgIpc) is 2.86. The lowest BCUT2D eigenvalue weighted by Crippen LogP contribution is -2.45. The van der Waals surface area contributed by atoms with Crippen molar-refractivity contribution in [2.24, 2.45) is 0 Å². The van der Waals surface area contributed by atoms with Gasteiger partial charge in [0.2, 0.25) is 0 Å². The summed E-state index contributed by atoms with van der Waals surface area (Å²) in [5.41, 5.74) is 2.95. The van der Waals surface area contributed by atoms with Crippen molar-refractivity contribution in [3.05, 3.63) is 17.2 Å². The summed E-state index contributed by atoms with van der Waals surface area (Å²) < 4.78 is 2.53. The molecule has 104 valence electrons. The monoisotopic (exact) mass is 260 g/mol. The summed E-state index contributed by atoms with van der Waals surface area (Å²) in [6, 6.07) is 0.796. The SMILES string of the molecule is C1CCn2c(nc3c2CN(C2CCNCC2)CC3)C1. The Labute approximate surface area is 115 Å². The third kappa shape index (κ3) is 2.11. The van der Waals surface area contributed by atoms with Crippen molar-refractivity contribution < 1.29 is 0 Å². The van der Waals surface area contributed by atoms with Crippen molar-refractivity contribution in [1.29, 1.82) is 0 Å². The van der Waals surface area contributed by atoms with Gasteiger partial charge in [0.15, 0.2) is 0 Å². The maximum atomic E-state index is 4.89. The molecule has 1 N–H and O–H groups in total. The van der Waals surface area contributed by atoms with Crippen molar-refractivity contribution in [1.82, 2.24) is 19.8 Å². The zero-order valence-electron chi connectivity index (χ0n) is 11.7. The molecule has 1 saturated heterocycles. The fourth-order valence-corrected chi connectivity index (χ4v) is 3.98. The lowest BCUT2D eigenvalue weighted by atomic mass is 10.0. The van der Waals surface area contributed by atoms with Gasteiger partial charge in [-0.05, 0) is 38.8 Å². The van der Waals surface area contributed by atoms with E-state index in [2.05, 4.69) is 14.8 Å². The second-order valence-electron chi connectivity index (χ2n) is 6.23. The molecule has 4 heterocycles. The summed E-state index contributed by atoms with van der Waals surface area (Å²) in [7, 11) is 0. The van der Waals surface area contributed by atoms with Gasteiger partial charge in [-0.1, -0.05) is 0 Å². The number of hydrogen-bond acceptors (Lipinski definition) is 3. The van der Waals surface area contributed by atoms with Crippen LogP contribution >= 0.6 is 0 Å². The molecular formula is C15H24N4. The first kappa shape index (κ1) is 11.9. The van der Waals surface area contributed by atoms with Gasteiger partial charge in [0, 0.05) is 38.5 Å². The Kier molecular flexibility index (Phi) is 3.08. The normalized spacial score (nSPS) is 25.1. The van der Waals surface area contributed by atoms with Gasteiger partial charge in [0.25, 0.3) is 0 Å². The number of nitrogens with one attached hydrogen (secondary N) is 1. The Morgan fingerprint density at radius 1 is 1.05 bits per heavy atom. The minimum Gasteiger partial charge on any atom is -0.331 e. The van der Waals surface area contributed by atoms with Crippen LogP contribution in [0.3, 0.4) is 0 Å². The predicted molar refractivity (Wildman–Crippen MR) is 75.2 cm³/mol. The fourth-order valence-electron chi connectivity index (χ4n) is 3.98. The summed E-state index contributed by atoms with van der Waals surface area (Å²) in [5, 5.41) is 3.47. The largest absolute Gasteiger partial charge is 0.331 e. The molecule has 4 nitrogen and oxygen atoms in total. The lowest BCUT2D eigenvalue weighted by molar-refractivity contribution is 0.142. The van der Waals surface area contributed by atoms with Crippen LogP contribution in [0.1, 0.15) is 42.9 Å². The molecule has 3 aliphatic rings. The molecule has 0 atom stereocenters. The molecule has 0 bridgehead atoms. The number of rotatable bonds is 1. The number of hydrogen-bond donors (Lipinski definition) is 1. The molecule has 4 rings (SSSR count). The molecule has 0 saturated carbocycles. The van der Waals surface area contributed by atoms with Crippen LogP contribution in [0.25, 0.3) is 0 Å². The number of piperidine rings is 1. The first-order valence-corrected chi connectivity index (χ1v) is 7.94. The summed E-state index contributed by atoms with van der Waals surface area (Å²) in [5.74, 6) is 1.36. The molecule has 0 spiro atoms. The maximum Gasteiger partial charge on any atom is 0.109 e. The summed E-state index contributed by atoms with van der Waals surface area (Å²) in [4.78, 5) is 7.61. The van der Waals surface area contributed by atoms with E-state index in [0.29, 0.717) is 0 Å². The number of fused-ring (bicyclic) bond motifs is 3. The molecule has 1 aromatic heterocycles. The van der Waals surface area contributed by atoms with Gasteiger partial charge in [0.1, 0.15) is 5.82 Å². The molecule has 4 heteroatoms. The predicted octanol–water partition coefficient (Wildman–Crippen LogP) is 1.33. The Bertz CT molecular complexity index is 459. The molecule has 0 amide bonds. The third-order valence-corrected chi connectivity index (χ3v) is 5.08. The van der Waals surface area contributed by atoms with E-state index in [9.17, 15) is 0 Å². The minimum atomic E-state index is 0.796. The Morgan fingerprint density at radius 2 is 1.95 bits per heavy atom. The summed E-state index contributed by atoms with van der Waals surface area (Å²) >= 11 is 0. The topological polar surface area (TPSA) is 33.1 Å². The van der Waals surface area contributed by atoms with Gasteiger partial charge in [-0.25, -0.2) is 4.98 Å².